The predicted molar refractivity (Wildman–Crippen MR) is 57.9 cm³/mol. The first-order valence-electron chi connectivity index (χ1n) is 4.79. The second-order valence-electron chi connectivity index (χ2n) is 3.33. The average Bonchev–Trinajstić information content (AvgIpc) is 2.80. The van der Waals surface area contributed by atoms with Crippen LogP contribution in [0.1, 0.15) is 0 Å². The Balaban J connectivity index is 2.28. The van der Waals surface area contributed by atoms with Crippen LogP contribution in [0.25, 0.3) is 16.9 Å². The predicted octanol–water partition coefficient (Wildman–Crippen LogP) is 1.50. The van der Waals surface area contributed by atoms with Gasteiger partial charge in [-0.3, -0.25) is 0 Å². The second-order valence-corrected chi connectivity index (χ2v) is 3.33. The third kappa shape index (κ3) is 1.22. The maximum absolute atomic E-state index is 10.0. The van der Waals surface area contributed by atoms with Gasteiger partial charge in [0.25, 0.3) is 5.78 Å². The summed E-state index contributed by atoms with van der Waals surface area (Å²) in [6.45, 7) is 0. The molecule has 1 aromatic carbocycles. The van der Waals surface area contributed by atoms with Gasteiger partial charge in [-0.25, -0.2) is 4.98 Å². The zero-order chi connectivity index (χ0) is 11.0. The molecule has 1 N–H and O–H groups in total. The number of aromatic hydroxyl groups is 1. The molecule has 0 aliphatic rings. The molecule has 0 aliphatic heterocycles. The van der Waals surface area contributed by atoms with Crippen molar-refractivity contribution in [1.82, 2.24) is 19.6 Å². The molecule has 16 heavy (non-hydrogen) atoms. The van der Waals surface area contributed by atoms with Gasteiger partial charge in [-0.2, -0.15) is 14.6 Å². The summed E-state index contributed by atoms with van der Waals surface area (Å²) in [5.74, 6) is 0.436. The number of hydrogen-bond donors (Lipinski definition) is 1. The van der Waals surface area contributed by atoms with Crippen molar-refractivity contribution in [2.45, 2.75) is 0 Å². The van der Waals surface area contributed by atoms with E-state index in [0.29, 0.717) is 11.3 Å². The summed E-state index contributed by atoms with van der Waals surface area (Å²) in [5, 5.41) is 13.9. The maximum Gasteiger partial charge on any atom is 0.255 e. The Morgan fingerprint density at radius 1 is 1.06 bits per heavy atom. The molecule has 3 aromatic rings. The molecule has 2 aromatic heterocycles. The topological polar surface area (TPSA) is 63.3 Å². The van der Waals surface area contributed by atoms with Crippen LogP contribution in [0.2, 0.25) is 0 Å². The SMILES string of the molecule is Oc1c(-c2ccccc2)cnc2ncnn12. The quantitative estimate of drug-likeness (QED) is 0.663. The van der Waals surface area contributed by atoms with Crippen LogP contribution in [0, 0.1) is 0 Å². The van der Waals surface area contributed by atoms with Crippen LogP contribution in [0.5, 0.6) is 5.88 Å². The minimum Gasteiger partial charge on any atom is -0.493 e. The number of benzene rings is 1. The van der Waals surface area contributed by atoms with Crippen molar-refractivity contribution in [2.75, 3.05) is 0 Å². The Kier molecular flexibility index (Phi) is 1.83. The van der Waals surface area contributed by atoms with E-state index in [2.05, 4.69) is 15.1 Å². The van der Waals surface area contributed by atoms with Crippen LogP contribution in [0.15, 0.2) is 42.9 Å². The lowest BCUT2D eigenvalue weighted by Crippen LogP contribution is -1.94. The van der Waals surface area contributed by atoms with Gasteiger partial charge in [0.05, 0.1) is 5.56 Å². The van der Waals surface area contributed by atoms with E-state index < -0.39 is 0 Å². The fourth-order valence-electron chi connectivity index (χ4n) is 1.59. The van der Waals surface area contributed by atoms with Gasteiger partial charge in [0, 0.05) is 6.20 Å². The molecule has 0 saturated heterocycles. The zero-order valence-electron chi connectivity index (χ0n) is 8.28. The molecule has 5 heteroatoms. The van der Waals surface area contributed by atoms with E-state index in [0.717, 1.165) is 5.56 Å². The lowest BCUT2D eigenvalue weighted by Gasteiger charge is -2.04. The average molecular weight is 212 g/mol. The fourth-order valence-corrected chi connectivity index (χ4v) is 1.59. The van der Waals surface area contributed by atoms with Crippen LogP contribution in [0.4, 0.5) is 0 Å². The summed E-state index contributed by atoms with van der Waals surface area (Å²) >= 11 is 0. The molecule has 2 heterocycles. The Hall–Kier alpha value is -2.43. The van der Waals surface area contributed by atoms with Crippen LogP contribution < -0.4 is 0 Å². The summed E-state index contributed by atoms with van der Waals surface area (Å²) in [7, 11) is 0. The molecule has 5 nitrogen and oxygen atoms in total. The molecular formula is C11H8N4O. The summed E-state index contributed by atoms with van der Waals surface area (Å²) in [6.07, 6.45) is 2.95. The van der Waals surface area contributed by atoms with E-state index in [1.807, 2.05) is 30.3 Å². The molecule has 0 aliphatic carbocycles. The third-order valence-electron chi connectivity index (χ3n) is 2.37. The van der Waals surface area contributed by atoms with Gasteiger partial charge in [-0.15, -0.1) is 0 Å². The molecule has 0 saturated carbocycles. The first kappa shape index (κ1) is 8.84. The molecular weight excluding hydrogens is 204 g/mol. The van der Waals surface area contributed by atoms with Gasteiger partial charge in [-0.1, -0.05) is 30.3 Å². The van der Waals surface area contributed by atoms with Crippen molar-refractivity contribution in [3.8, 4) is 17.0 Å². The number of fused-ring (bicyclic) bond motifs is 1. The van der Waals surface area contributed by atoms with Crippen molar-refractivity contribution in [1.29, 1.82) is 0 Å². The van der Waals surface area contributed by atoms with E-state index in [9.17, 15) is 5.11 Å². The van der Waals surface area contributed by atoms with Gasteiger partial charge in [0.2, 0.25) is 5.88 Å². The molecule has 0 unspecified atom stereocenters. The summed E-state index contributed by atoms with van der Waals surface area (Å²) in [5.41, 5.74) is 1.53. The molecule has 0 fully saturated rings. The van der Waals surface area contributed by atoms with Crippen molar-refractivity contribution >= 4 is 5.78 Å². The normalized spacial score (nSPS) is 10.8. The van der Waals surface area contributed by atoms with E-state index in [1.165, 1.54) is 10.8 Å². The number of rotatable bonds is 1. The maximum atomic E-state index is 10.0. The second kappa shape index (κ2) is 3.30. The van der Waals surface area contributed by atoms with Crippen molar-refractivity contribution in [3.05, 3.63) is 42.9 Å². The molecule has 78 valence electrons. The number of aromatic nitrogens is 4. The molecule has 3 rings (SSSR count). The van der Waals surface area contributed by atoms with Crippen molar-refractivity contribution in [2.24, 2.45) is 0 Å². The minimum absolute atomic E-state index is 0.0497. The lowest BCUT2D eigenvalue weighted by molar-refractivity contribution is 0.437. The van der Waals surface area contributed by atoms with Crippen molar-refractivity contribution in [3.63, 3.8) is 0 Å². The largest absolute Gasteiger partial charge is 0.493 e. The highest BCUT2D eigenvalue weighted by molar-refractivity contribution is 5.68. The highest BCUT2D eigenvalue weighted by Crippen LogP contribution is 2.27. The minimum atomic E-state index is 0.0497. The Morgan fingerprint density at radius 2 is 1.88 bits per heavy atom. The lowest BCUT2D eigenvalue weighted by atomic mass is 10.1. The molecule has 0 radical (unpaired) electrons. The molecule has 0 atom stereocenters. The Bertz CT molecular complexity index is 633. The fraction of sp³-hybridized carbons (Fsp3) is 0. The molecule has 0 bridgehead atoms. The standard InChI is InChI=1S/C11H8N4O/c16-10-9(8-4-2-1-3-5-8)6-12-11-13-7-14-15(10)11/h1-7,16H. The zero-order valence-corrected chi connectivity index (χ0v) is 8.28. The summed E-state index contributed by atoms with van der Waals surface area (Å²) in [4.78, 5) is 8.00. The van der Waals surface area contributed by atoms with E-state index in [1.54, 1.807) is 6.20 Å². The van der Waals surface area contributed by atoms with E-state index >= 15 is 0 Å². The van der Waals surface area contributed by atoms with Gasteiger partial charge in [0.1, 0.15) is 6.33 Å². The first-order chi connectivity index (χ1) is 7.86. The van der Waals surface area contributed by atoms with Crippen LogP contribution >= 0.6 is 0 Å². The van der Waals surface area contributed by atoms with Crippen LogP contribution in [-0.4, -0.2) is 24.7 Å². The van der Waals surface area contributed by atoms with Gasteiger partial charge in [0.15, 0.2) is 0 Å². The summed E-state index contributed by atoms with van der Waals surface area (Å²) in [6, 6.07) is 9.53. The van der Waals surface area contributed by atoms with Gasteiger partial charge >= 0.3 is 0 Å². The Labute approximate surface area is 91.0 Å². The van der Waals surface area contributed by atoms with Crippen LogP contribution in [-0.2, 0) is 0 Å². The number of nitrogens with zero attached hydrogens (tertiary/aromatic N) is 4. The number of hydrogen-bond acceptors (Lipinski definition) is 4. The van der Waals surface area contributed by atoms with Crippen LogP contribution in [0.3, 0.4) is 0 Å². The van der Waals surface area contributed by atoms with Gasteiger partial charge in [-0.05, 0) is 5.56 Å². The first-order valence-corrected chi connectivity index (χ1v) is 4.79. The molecule has 0 amide bonds. The van der Waals surface area contributed by atoms with E-state index in [-0.39, 0.29) is 5.88 Å². The third-order valence-corrected chi connectivity index (χ3v) is 2.37. The van der Waals surface area contributed by atoms with Gasteiger partial charge < -0.3 is 5.11 Å². The highest BCUT2D eigenvalue weighted by Gasteiger charge is 2.09. The van der Waals surface area contributed by atoms with E-state index in [4.69, 9.17) is 0 Å². The molecule has 0 spiro atoms. The van der Waals surface area contributed by atoms with Crippen molar-refractivity contribution < 1.29 is 5.11 Å². The Morgan fingerprint density at radius 3 is 2.69 bits per heavy atom. The summed E-state index contributed by atoms with van der Waals surface area (Å²) < 4.78 is 1.31. The highest BCUT2D eigenvalue weighted by atomic mass is 16.3. The monoisotopic (exact) mass is 212 g/mol. The smallest absolute Gasteiger partial charge is 0.255 e.